The van der Waals surface area contributed by atoms with Crippen molar-refractivity contribution in [3.8, 4) is 0 Å². The zero-order chi connectivity index (χ0) is 6.57. The van der Waals surface area contributed by atoms with Gasteiger partial charge in [-0.25, -0.2) is 16.5 Å². The average Bonchev–Trinajstić information content (AvgIpc) is 1.67. The van der Waals surface area contributed by atoms with E-state index >= 15 is 0 Å². The SMILES string of the molecule is CCNC(=O)N(N)N. The van der Waals surface area contributed by atoms with Gasteiger partial charge in [-0.3, -0.25) is 0 Å². The van der Waals surface area contributed by atoms with E-state index in [1.165, 1.54) is 0 Å². The van der Waals surface area contributed by atoms with Crippen LogP contribution in [0.3, 0.4) is 0 Å². The number of nitrogens with zero attached hydrogens (tertiary/aromatic N) is 1. The summed E-state index contributed by atoms with van der Waals surface area (Å²) < 4.78 is 0. The van der Waals surface area contributed by atoms with Crippen LogP contribution in [-0.2, 0) is 0 Å². The lowest BCUT2D eigenvalue weighted by Gasteiger charge is -2.07. The number of rotatable bonds is 1. The maximum absolute atomic E-state index is 10.3. The number of hydrazine groups is 2. The van der Waals surface area contributed by atoms with Gasteiger partial charge in [0.2, 0.25) is 0 Å². The van der Waals surface area contributed by atoms with Crippen molar-refractivity contribution in [2.24, 2.45) is 11.7 Å². The number of hydrogen-bond donors (Lipinski definition) is 3. The lowest BCUT2D eigenvalue weighted by atomic mass is 10.7. The molecule has 0 aliphatic rings. The van der Waals surface area contributed by atoms with Crippen LogP contribution in [-0.4, -0.2) is 17.7 Å². The Morgan fingerprint density at radius 2 is 2.25 bits per heavy atom. The first-order valence-corrected chi connectivity index (χ1v) is 2.25. The molecule has 0 saturated heterocycles. The molecule has 0 aliphatic heterocycles. The predicted molar refractivity (Wildman–Crippen MR) is 29.3 cm³/mol. The number of amides is 2. The lowest BCUT2D eigenvalue weighted by Crippen LogP contribution is -2.49. The monoisotopic (exact) mass is 118 g/mol. The molecule has 0 aromatic rings. The van der Waals surface area contributed by atoms with Crippen LogP contribution in [0.4, 0.5) is 4.79 Å². The largest absolute Gasteiger partial charge is 0.346 e. The summed E-state index contributed by atoms with van der Waals surface area (Å²) in [5.41, 5.74) is 0. The van der Waals surface area contributed by atoms with E-state index in [0.29, 0.717) is 11.7 Å². The zero-order valence-electron chi connectivity index (χ0n) is 4.72. The van der Waals surface area contributed by atoms with Crippen molar-refractivity contribution < 1.29 is 4.79 Å². The van der Waals surface area contributed by atoms with Crippen molar-refractivity contribution in [3.05, 3.63) is 0 Å². The van der Waals surface area contributed by atoms with Crippen molar-refractivity contribution in [3.63, 3.8) is 0 Å². The summed E-state index contributed by atoms with van der Waals surface area (Å²) in [4.78, 5) is 10.3. The van der Waals surface area contributed by atoms with E-state index < -0.39 is 6.03 Å². The average molecular weight is 118 g/mol. The van der Waals surface area contributed by atoms with Gasteiger partial charge in [-0.1, -0.05) is 0 Å². The van der Waals surface area contributed by atoms with E-state index in [0.717, 1.165) is 0 Å². The van der Waals surface area contributed by atoms with Crippen LogP contribution in [0.5, 0.6) is 0 Å². The number of carbonyl (C=O) groups excluding carboxylic acids is 1. The van der Waals surface area contributed by atoms with E-state index in [-0.39, 0.29) is 0 Å². The molecular weight excluding hydrogens is 108 g/mol. The summed E-state index contributed by atoms with van der Waals surface area (Å²) in [5, 5.41) is 2.89. The molecule has 0 fully saturated rings. The fraction of sp³-hybridized carbons (Fsp3) is 0.667. The summed E-state index contributed by atoms with van der Waals surface area (Å²) in [6.45, 7) is 2.31. The molecule has 0 atom stereocenters. The third-order valence-electron chi connectivity index (χ3n) is 0.563. The van der Waals surface area contributed by atoms with E-state index in [1.54, 1.807) is 6.92 Å². The second-order valence-corrected chi connectivity index (χ2v) is 1.24. The summed E-state index contributed by atoms with van der Waals surface area (Å²) in [5.74, 6) is 9.64. The Labute approximate surface area is 47.6 Å². The van der Waals surface area contributed by atoms with E-state index in [4.69, 9.17) is 11.7 Å². The fourth-order valence-corrected chi connectivity index (χ4v) is 0.243. The van der Waals surface area contributed by atoms with Crippen LogP contribution in [0, 0.1) is 0 Å². The topological polar surface area (TPSA) is 84.4 Å². The van der Waals surface area contributed by atoms with Crippen molar-refractivity contribution in [2.45, 2.75) is 6.92 Å². The van der Waals surface area contributed by atoms with Crippen LogP contribution in [0.2, 0.25) is 0 Å². The molecule has 8 heavy (non-hydrogen) atoms. The number of nitrogens with two attached hydrogens (primary N) is 2. The number of hydrogen-bond acceptors (Lipinski definition) is 3. The van der Waals surface area contributed by atoms with Gasteiger partial charge in [0.1, 0.15) is 0 Å². The third-order valence-corrected chi connectivity index (χ3v) is 0.563. The molecule has 5 nitrogen and oxygen atoms in total. The highest BCUT2D eigenvalue weighted by molar-refractivity contribution is 5.72. The third kappa shape index (κ3) is 2.38. The second-order valence-electron chi connectivity index (χ2n) is 1.24. The summed E-state index contributed by atoms with van der Waals surface area (Å²) >= 11 is 0. The van der Waals surface area contributed by atoms with Gasteiger partial charge in [-0.15, -0.1) is 0 Å². The highest BCUT2D eigenvalue weighted by Crippen LogP contribution is 1.65. The number of urea groups is 1. The Balaban J connectivity index is 3.33. The molecular formula is C3H10N4O. The van der Waals surface area contributed by atoms with Crippen molar-refractivity contribution in [2.75, 3.05) is 6.54 Å². The summed E-state index contributed by atoms with van der Waals surface area (Å²) in [6, 6.07) is -0.479. The molecule has 0 unspecified atom stereocenters. The van der Waals surface area contributed by atoms with Crippen LogP contribution >= 0.6 is 0 Å². The maximum atomic E-state index is 10.3. The van der Waals surface area contributed by atoms with Crippen LogP contribution in [0.25, 0.3) is 0 Å². The van der Waals surface area contributed by atoms with Crippen molar-refractivity contribution in [1.29, 1.82) is 0 Å². The first-order chi connectivity index (χ1) is 3.68. The molecule has 0 bridgehead atoms. The van der Waals surface area contributed by atoms with Crippen molar-refractivity contribution >= 4 is 6.03 Å². The van der Waals surface area contributed by atoms with Crippen LogP contribution in [0.1, 0.15) is 6.92 Å². The van der Waals surface area contributed by atoms with Gasteiger partial charge in [0.15, 0.2) is 0 Å². The summed E-state index contributed by atoms with van der Waals surface area (Å²) in [7, 11) is 0. The van der Waals surface area contributed by atoms with Gasteiger partial charge >= 0.3 is 6.03 Å². The molecule has 0 aromatic heterocycles. The van der Waals surface area contributed by atoms with Gasteiger partial charge in [0.25, 0.3) is 0 Å². The van der Waals surface area contributed by atoms with E-state index in [1.807, 2.05) is 0 Å². The molecule has 5 N–H and O–H groups in total. The first-order valence-electron chi connectivity index (χ1n) is 2.25. The molecule has 0 spiro atoms. The Morgan fingerprint density at radius 3 is 2.38 bits per heavy atom. The maximum Gasteiger partial charge on any atom is 0.346 e. The van der Waals surface area contributed by atoms with Crippen molar-refractivity contribution in [1.82, 2.24) is 10.4 Å². The minimum Gasteiger partial charge on any atom is -0.336 e. The van der Waals surface area contributed by atoms with Crippen LogP contribution < -0.4 is 17.0 Å². The molecule has 0 heterocycles. The molecule has 0 saturated carbocycles. The predicted octanol–water partition coefficient (Wildman–Crippen LogP) is -1.23. The molecule has 0 aromatic carbocycles. The summed E-state index contributed by atoms with van der Waals surface area (Å²) in [6.07, 6.45) is 0. The lowest BCUT2D eigenvalue weighted by molar-refractivity contribution is 0.200. The van der Waals surface area contributed by atoms with Gasteiger partial charge in [-0.2, -0.15) is 5.12 Å². The fourth-order valence-electron chi connectivity index (χ4n) is 0.243. The zero-order valence-corrected chi connectivity index (χ0v) is 4.72. The van der Waals surface area contributed by atoms with E-state index in [2.05, 4.69) is 5.32 Å². The minimum atomic E-state index is -0.479. The Bertz CT molecular complexity index is 81.4. The van der Waals surface area contributed by atoms with Crippen LogP contribution in [0.15, 0.2) is 0 Å². The Hall–Kier alpha value is -0.810. The normalized spacial score (nSPS) is 8.38. The number of nitrogens with one attached hydrogen (secondary N) is 1. The van der Waals surface area contributed by atoms with Gasteiger partial charge < -0.3 is 5.32 Å². The molecule has 0 radical (unpaired) electrons. The second kappa shape index (κ2) is 3.23. The highest BCUT2D eigenvalue weighted by Gasteiger charge is 1.98. The first kappa shape index (κ1) is 7.19. The molecule has 48 valence electrons. The quantitative estimate of drug-likeness (QED) is 0.229. The minimum absolute atomic E-state index is 0.479. The van der Waals surface area contributed by atoms with E-state index in [9.17, 15) is 4.79 Å². The molecule has 2 amide bonds. The van der Waals surface area contributed by atoms with Gasteiger partial charge in [0.05, 0.1) is 0 Å². The highest BCUT2D eigenvalue weighted by atomic mass is 16.2. The Morgan fingerprint density at radius 1 is 1.75 bits per heavy atom. The Kier molecular flexibility index (Phi) is 2.90. The van der Waals surface area contributed by atoms with Gasteiger partial charge in [-0.05, 0) is 6.92 Å². The number of carbonyl (C=O) groups is 1. The molecule has 0 rings (SSSR count). The van der Waals surface area contributed by atoms with Gasteiger partial charge in [0, 0.05) is 6.54 Å². The smallest absolute Gasteiger partial charge is 0.336 e. The molecule has 5 heteroatoms. The standard InChI is InChI=1S/C3H10N4O/c1-2-6-3(8)7(4)5/h2,4-5H2,1H3,(H,6,8). The molecule has 0 aliphatic carbocycles.